The maximum atomic E-state index is 4.34. The van der Waals surface area contributed by atoms with Crippen LogP contribution in [-0.2, 0) is 0 Å². The Morgan fingerprint density at radius 1 is 1.00 bits per heavy atom. The molecular formula is C12H11BrN2. The third-order valence-electron chi connectivity index (χ3n) is 2.17. The van der Waals surface area contributed by atoms with Crippen molar-refractivity contribution in [1.82, 2.24) is 9.97 Å². The molecule has 0 fully saturated rings. The van der Waals surface area contributed by atoms with Crippen LogP contribution in [0.25, 0.3) is 11.3 Å². The minimum absolute atomic E-state index is 0.637. The molecule has 15 heavy (non-hydrogen) atoms. The molecule has 0 atom stereocenters. The highest BCUT2D eigenvalue weighted by Gasteiger charge is 2.02. The number of aryl methyl sites for hydroxylation is 2. The number of hydrogen-bond acceptors (Lipinski definition) is 2. The van der Waals surface area contributed by atoms with Crippen LogP contribution in [0, 0.1) is 13.8 Å². The van der Waals surface area contributed by atoms with Crippen molar-refractivity contribution in [3.63, 3.8) is 0 Å². The van der Waals surface area contributed by atoms with E-state index >= 15 is 0 Å². The predicted octanol–water partition coefficient (Wildman–Crippen LogP) is 3.52. The quantitative estimate of drug-likeness (QED) is 0.735. The SMILES string of the molecule is Cc1ccc(-c2cc(C)nc(Br)n2)cc1. The van der Waals surface area contributed by atoms with Crippen molar-refractivity contribution in [3.8, 4) is 11.3 Å². The van der Waals surface area contributed by atoms with Crippen molar-refractivity contribution in [1.29, 1.82) is 0 Å². The van der Waals surface area contributed by atoms with Gasteiger partial charge >= 0.3 is 0 Å². The van der Waals surface area contributed by atoms with E-state index in [1.807, 2.05) is 13.0 Å². The van der Waals surface area contributed by atoms with Crippen LogP contribution in [0.2, 0.25) is 0 Å². The van der Waals surface area contributed by atoms with E-state index in [0.717, 1.165) is 17.0 Å². The smallest absolute Gasteiger partial charge is 0.197 e. The van der Waals surface area contributed by atoms with Gasteiger partial charge in [0.05, 0.1) is 5.69 Å². The molecule has 0 bridgehead atoms. The van der Waals surface area contributed by atoms with Crippen LogP contribution in [-0.4, -0.2) is 9.97 Å². The summed E-state index contributed by atoms with van der Waals surface area (Å²) in [5.41, 5.74) is 4.29. The lowest BCUT2D eigenvalue weighted by molar-refractivity contribution is 1.06. The Bertz CT molecular complexity index is 457. The lowest BCUT2D eigenvalue weighted by Gasteiger charge is -2.03. The van der Waals surface area contributed by atoms with Crippen LogP contribution < -0.4 is 0 Å². The van der Waals surface area contributed by atoms with Gasteiger partial charge in [0.2, 0.25) is 0 Å². The third-order valence-corrected chi connectivity index (χ3v) is 2.53. The maximum absolute atomic E-state index is 4.34. The highest BCUT2D eigenvalue weighted by atomic mass is 79.9. The van der Waals surface area contributed by atoms with E-state index in [9.17, 15) is 0 Å². The zero-order valence-corrected chi connectivity index (χ0v) is 10.2. The summed E-state index contributed by atoms with van der Waals surface area (Å²) in [7, 11) is 0. The number of aromatic nitrogens is 2. The van der Waals surface area contributed by atoms with Crippen LogP contribution in [0.1, 0.15) is 11.3 Å². The van der Waals surface area contributed by atoms with Gasteiger partial charge in [0.25, 0.3) is 0 Å². The van der Waals surface area contributed by atoms with Crippen molar-refractivity contribution < 1.29 is 0 Å². The van der Waals surface area contributed by atoms with Crippen LogP contribution in [0.15, 0.2) is 35.1 Å². The van der Waals surface area contributed by atoms with Gasteiger partial charge in [-0.05, 0) is 35.8 Å². The van der Waals surface area contributed by atoms with Gasteiger partial charge in [-0.15, -0.1) is 0 Å². The number of halogens is 1. The van der Waals surface area contributed by atoms with Gasteiger partial charge in [0.15, 0.2) is 4.73 Å². The summed E-state index contributed by atoms with van der Waals surface area (Å²) in [6.07, 6.45) is 0. The van der Waals surface area contributed by atoms with E-state index in [1.165, 1.54) is 5.56 Å². The molecule has 76 valence electrons. The first-order valence-electron chi connectivity index (χ1n) is 4.73. The van der Waals surface area contributed by atoms with Gasteiger partial charge in [-0.1, -0.05) is 29.8 Å². The van der Waals surface area contributed by atoms with E-state index < -0.39 is 0 Å². The van der Waals surface area contributed by atoms with Crippen LogP contribution in [0.3, 0.4) is 0 Å². The van der Waals surface area contributed by atoms with Crippen LogP contribution in [0.5, 0.6) is 0 Å². The summed E-state index contributed by atoms with van der Waals surface area (Å²) in [4.78, 5) is 8.52. The fraction of sp³-hybridized carbons (Fsp3) is 0.167. The monoisotopic (exact) mass is 262 g/mol. The molecule has 3 heteroatoms. The molecule has 0 aliphatic carbocycles. The van der Waals surface area contributed by atoms with E-state index in [2.05, 4.69) is 57.1 Å². The van der Waals surface area contributed by atoms with Gasteiger partial charge in [0.1, 0.15) is 0 Å². The highest BCUT2D eigenvalue weighted by Crippen LogP contribution is 2.19. The van der Waals surface area contributed by atoms with Crippen molar-refractivity contribution in [2.45, 2.75) is 13.8 Å². The van der Waals surface area contributed by atoms with Gasteiger partial charge in [-0.25, -0.2) is 9.97 Å². The molecule has 1 aromatic heterocycles. The lowest BCUT2D eigenvalue weighted by atomic mass is 10.1. The summed E-state index contributed by atoms with van der Waals surface area (Å²) in [5, 5.41) is 0. The van der Waals surface area contributed by atoms with E-state index in [1.54, 1.807) is 0 Å². The van der Waals surface area contributed by atoms with Gasteiger partial charge in [-0.2, -0.15) is 0 Å². The molecule has 2 nitrogen and oxygen atoms in total. The molecule has 0 N–H and O–H groups in total. The molecule has 1 heterocycles. The summed E-state index contributed by atoms with van der Waals surface area (Å²) in [5.74, 6) is 0. The minimum Gasteiger partial charge on any atom is -0.227 e. The van der Waals surface area contributed by atoms with Gasteiger partial charge in [0, 0.05) is 11.3 Å². The minimum atomic E-state index is 0.637. The third kappa shape index (κ3) is 2.42. The number of benzene rings is 1. The average molecular weight is 263 g/mol. The first-order valence-corrected chi connectivity index (χ1v) is 5.53. The molecule has 0 aliphatic heterocycles. The second-order valence-electron chi connectivity index (χ2n) is 3.53. The number of nitrogens with zero attached hydrogens (tertiary/aromatic N) is 2. The molecule has 2 rings (SSSR count). The van der Waals surface area contributed by atoms with Crippen molar-refractivity contribution in [2.24, 2.45) is 0 Å². The maximum Gasteiger partial charge on any atom is 0.197 e. The molecule has 0 spiro atoms. The van der Waals surface area contributed by atoms with Crippen molar-refractivity contribution >= 4 is 15.9 Å². The Morgan fingerprint density at radius 3 is 2.27 bits per heavy atom. The molecule has 0 saturated carbocycles. The largest absolute Gasteiger partial charge is 0.227 e. The Labute approximate surface area is 97.5 Å². The lowest BCUT2D eigenvalue weighted by Crippen LogP contribution is -1.90. The summed E-state index contributed by atoms with van der Waals surface area (Å²) in [6, 6.07) is 10.3. The summed E-state index contributed by atoms with van der Waals surface area (Å²) in [6.45, 7) is 4.04. The van der Waals surface area contributed by atoms with E-state index in [0.29, 0.717) is 4.73 Å². The Balaban J connectivity index is 2.49. The Morgan fingerprint density at radius 2 is 1.67 bits per heavy atom. The molecule has 0 amide bonds. The molecular weight excluding hydrogens is 252 g/mol. The topological polar surface area (TPSA) is 25.8 Å². The molecule has 1 aromatic carbocycles. The first kappa shape index (κ1) is 10.3. The Kier molecular flexibility index (Phi) is 2.82. The molecule has 0 saturated heterocycles. The average Bonchev–Trinajstić information content (AvgIpc) is 2.17. The molecule has 0 radical (unpaired) electrons. The first-order chi connectivity index (χ1) is 7.15. The van der Waals surface area contributed by atoms with Crippen LogP contribution >= 0.6 is 15.9 Å². The Hall–Kier alpha value is -1.22. The molecule has 2 aromatic rings. The summed E-state index contributed by atoms with van der Waals surface area (Å²) < 4.78 is 0.637. The standard InChI is InChI=1S/C12H11BrN2/c1-8-3-5-10(6-4-8)11-7-9(2)14-12(13)15-11/h3-7H,1-2H3. The normalized spacial score (nSPS) is 10.3. The summed E-state index contributed by atoms with van der Waals surface area (Å²) >= 11 is 3.30. The van der Waals surface area contributed by atoms with Gasteiger partial charge < -0.3 is 0 Å². The van der Waals surface area contributed by atoms with Crippen molar-refractivity contribution in [3.05, 3.63) is 46.3 Å². The zero-order chi connectivity index (χ0) is 10.8. The van der Waals surface area contributed by atoms with E-state index in [4.69, 9.17) is 0 Å². The van der Waals surface area contributed by atoms with Crippen LogP contribution in [0.4, 0.5) is 0 Å². The fourth-order valence-electron chi connectivity index (χ4n) is 1.40. The molecule has 0 aliphatic rings. The fourth-order valence-corrected chi connectivity index (χ4v) is 1.88. The second kappa shape index (κ2) is 4.11. The number of hydrogen-bond donors (Lipinski definition) is 0. The number of rotatable bonds is 1. The zero-order valence-electron chi connectivity index (χ0n) is 8.66. The second-order valence-corrected chi connectivity index (χ2v) is 4.24. The van der Waals surface area contributed by atoms with Crippen molar-refractivity contribution in [2.75, 3.05) is 0 Å². The predicted molar refractivity (Wildman–Crippen MR) is 64.6 cm³/mol. The molecule has 0 unspecified atom stereocenters. The van der Waals surface area contributed by atoms with Gasteiger partial charge in [-0.3, -0.25) is 0 Å². The van der Waals surface area contributed by atoms with E-state index in [-0.39, 0.29) is 0 Å². The highest BCUT2D eigenvalue weighted by molar-refractivity contribution is 9.10.